The molecule has 10 heteroatoms. The van der Waals surface area contributed by atoms with E-state index >= 15 is 0 Å². The van der Waals surface area contributed by atoms with Gasteiger partial charge in [0.25, 0.3) is 5.91 Å². The third-order valence-electron chi connectivity index (χ3n) is 5.60. The molecule has 4 heterocycles. The van der Waals surface area contributed by atoms with E-state index in [1.54, 1.807) is 0 Å². The van der Waals surface area contributed by atoms with Gasteiger partial charge < -0.3 is 10.2 Å². The number of aryl methyl sites for hydroxylation is 1. The summed E-state index contributed by atoms with van der Waals surface area (Å²) in [5, 5.41) is 6.56. The zero-order valence-corrected chi connectivity index (χ0v) is 15.6. The highest BCUT2D eigenvalue weighted by atomic mass is 35.5. The maximum Gasteiger partial charge on any atom is 0.433 e. The van der Waals surface area contributed by atoms with Gasteiger partial charge in [-0.1, -0.05) is 11.6 Å². The van der Waals surface area contributed by atoms with E-state index in [1.807, 2.05) is 0 Å². The topological polar surface area (TPSA) is 62.5 Å². The SMILES string of the molecule is Cc1cc(C(F)(F)F)n2nc(C(=O)NC3CC4CCC(C3)N4C)c(Cl)c2n1. The van der Waals surface area contributed by atoms with Crippen LogP contribution in [0.15, 0.2) is 6.07 Å². The van der Waals surface area contributed by atoms with E-state index in [4.69, 9.17) is 11.6 Å². The molecule has 2 aromatic heterocycles. The molecule has 2 atom stereocenters. The van der Waals surface area contributed by atoms with Crippen LogP contribution in [0.5, 0.6) is 0 Å². The molecule has 2 aliphatic rings. The molecule has 2 aromatic rings. The molecule has 2 fully saturated rings. The van der Waals surface area contributed by atoms with Gasteiger partial charge in [-0.15, -0.1) is 0 Å². The second-order valence-electron chi connectivity index (χ2n) is 7.37. The molecule has 0 aromatic carbocycles. The Morgan fingerprint density at radius 1 is 1.30 bits per heavy atom. The van der Waals surface area contributed by atoms with Crippen LogP contribution in [0.1, 0.15) is 47.6 Å². The number of halogens is 4. The Labute approximate surface area is 158 Å². The Kier molecular flexibility index (Phi) is 4.34. The predicted octanol–water partition coefficient (Wildman–Crippen LogP) is 3.06. The molecule has 146 valence electrons. The fourth-order valence-electron chi connectivity index (χ4n) is 4.24. The number of alkyl halides is 3. The second kappa shape index (κ2) is 6.34. The molecular weight excluding hydrogens is 383 g/mol. The average molecular weight is 402 g/mol. The monoisotopic (exact) mass is 401 g/mol. The Bertz CT molecular complexity index is 898. The number of fused-ring (bicyclic) bond motifs is 3. The van der Waals surface area contributed by atoms with Gasteiger partial charge in [-0.25, -0.2) is 9.50 Å². The lowest BCUT2D eigenvalue weighted by molar-refractivity contribution is -0.142. The van der Waals surface area contributed by atoms with Crippen LogP contribution in [0.3, 0.4) is 0 Å². The number of hydrogen-bond donors (Lipinski definition) is 1. The van der Waals surface area contributed by atoms with E-state index in [-0.39, 0.29) is 28.1 Å². The van der Waals surface area contributed by atoms with E-state index in [0.29, 0.717) is 16.6 Å². The number of carbonyl (C=O) groups excluding carboxylic acids is 1. The van der Waals surface area contributed by atoms with Crippen molar-refractivity contribution in [3.05, 3.63) is 28.2 Å². The number of amides is 1. The molecule has 0 spiro atoms. The number of carbonyl (C=O) groups is 1. The summed E-state index contributed by atoms with van der Waals surface area (Å²) in [5.74, 6) is -0.565. The normalized spacial score (nSPS) is 25.9. The fourth-order valence-corrected chi connectivity index (χ4v) is 4.49. The average Bonchev–Trinajstić information content (AvgIpc) is 2.98. The second-order valence-corrected chi connectivity index (χ2v) is 7.75. The van der Waals surface area contributed by atoms with Gasteiger partial charge in [-0.05, 0) is 45.7 Å². The first-order valence-corrected chi connectivity index (χ1v) is 9.19. The molecule has 1 N–H and O–H groups in total. The van der Waals surface area contributed by atoms with Gasteiger partial charge in [0.2, 0.25) is 0 Å². The standard InChI is InChI=1S/C17H19ClF3N5O/c1-8-5-12(17(19,20)21)26-15(22-8)13(18)14(24-26)16(27)23-9-6-10-3-4-11(7-9)25(10)2/h5,9-11H,3-4,6-7H2,1-2H3,(H,23,27). The lowest BCUT2D eigenvalue weighted by atomic mass is 9.98. The minimum absolute atomic E-state index is 0.0381. The van der Waals surface area contributed by atoms with Crippen molar-refractivity contribution < 1.29 is 18.0 Å². The van der Waals surface area contributed by atoms with Crippen molar-refractivity contribution in [1.82, 2.24) is 24.8 Å². The number of rotatable bonds is 2. The van der Waals surface area contributed by atoms with Gasteiger partial charge in [-0.3, -0.25) is 4.79 Å². The van der Waals surface area contributed by atoms with E-state index in [0.717, 1.165) is 31.7 Å². The zero-order valence-electron chi connectivity index (χ0n) is 14.8. The van der Waals surface area contributed by atoms with Crippen molar-refractivity contribution in [2.24, 2.45) is 0 Å². The lowest BCUT2D eigenvalue weighted by Crippen LogP contribution is -2.48. The number of aromatic nitrogens is 3. The summed E-state index contributed by atoms with van der Waals surface area (Å²) >= 11 is 6.17. The van der Waals surface area contributed by atoms with Gasteiger partial charge in [-0.2, -0.15) is 18.3 Å². The van der Waals surface area contributed by atoms with Crippen LogP contribution in [0.2, 0.25) is 5.02 Å². The van der Waals surface area contributed by atoms with Gasteiger partial charge in [0, 0.05) is 23.8 Å². The van der Waals surface area contributed by atoms with Crippen LogP contribution < -0.4 is 5.32 Å². The van der Waals surface area contributed by atoms with Crippen molar-refractivity contribution in [2.75, 3.05) is 7.05 Å². The van der Waals surface area contributed by atoms with Gasteiger partial charge in [0.15, 0.2) is 11.3 Å². The lowest BCUT2D eigenvalue weighted by Gasteiger charge is -2.36. The number of nitrogens with one attached hydrogen (secondary N) is 1. The molecule has 2 saturated heterocycles. The molecule has 0 radical (unpaired) electrons. The highest BCUT2D eigenvalue weighted by Crippen LogP contribution is 2.35. The van der Waals surface area contributed by atoms with Crippen LogP contribution in [-0.2, 0) is 6.18 Å². The van der Waals surface area contributed by atoms with Gasteiger partial charge >= 0.3 is 6.18 Å². The third kappa shape index (κ3) is 3.16. The predicted molar refractivity (Wildman–Crippen MR) is 92.8 cm³/mol. The Hall–Kier alpha value is -1.87. The smallest absolute Gasteiger partial charge is 0.348 e. The summed E-state index contributed by atoms with van der Waals surface area (Å²) in [6.07, 6.45) is -0.812. The fraction of sp³-hybridized carbons (Fsp3) is 0.588. The summed E-state index contributed by atoms with van der Waals surface area (Å²) in [6, 6.07) is 1.69. The van der Waals surface area contributed by atoms with Crippen molar-refractivity contribution in [1.29, 1.82) is 0 Å². The van der Waals surface area contributed by atoms with Crippen LogP contribution in [-0.4, -0.2) is 50.6 Å². The summed E-state index contributed by atoms with van der Waals surface area (Å²) in [5.41, 5.74) is -1.26. The molecule has 1 amide bonds. The Balaban J connectivity index is 1.64. The minimum atomic E-state index is -4.64. The highest BCUT2D eigenvalue weighted by Gasteiger charge is 2.40. The highest BCUT2D eigenvalue weighted by molar-refractivity contribution is 6.36. The molecule has 0 aliphatic carbocycles. The largest absolute Gasteiger partial charge is 0.433 e. The maximum absolute atomic E-state index is 13.3. The molecule has 2 bridgehead atoms. The first kappa shape index (κ1) is 18.5. The first-order chi connectivity index (χ1) is 12.6. The molecule has 2 unspecified atom stereocenters. The third-order valence-corrected chi connectivity index (χ3v) is 5.95. The number of hydrogen-bond acceptors (Lipinski definition) is 4. The van der Waals surface area contributed by atoms with E-state index in [2.05, 4.69) is 27.3 Å². The quantitative estimate of drug-likeness (QED) is 0.840. The Morgan fingerprint density at radius 2 is 1.93 bits per heavy atom. The number of nitrogens with zero attached hydrogens (tertiary/aromatic N) is 4. The van der Waals surface area contributed by atoms with E-state index in [9.17, 15) is 18.0 Å². The molecule has 6 nitrogen and oxygen atoms in total. The van der Waals surface area contributed by atoms with Crippen molar-refractivity contribution in [3.8, 4) is 0 Å². The van der Waals surface area contributed by atoms with Crippen LogP contribution in [0, 0.1) is 6.92 Å². The molecule has 0 saturated carbocycles. The molecule has 4 rings (SSSR count). The van der Waals surface area contributed by atoms with Gasteiger partial charge in [0.1, 0.15) is 10.7 Å². The molecule has 27 heavy (non-hydrogen) atoms. The van der Waals surface area contributed by atoms with Gasteiger partial charge in [0.05, 0.1) is 0 Å². The van der Waals surface area contributed by atoms with Crippen molar-refractivity contribution in [3.63, 3.8) is 0 Å². The van der Waals surface area contributed by atoms with Crippen LogP contribution >= 0.6 is 11.6 Å². The zero-order chi connectivity index (χ0) is 19.5. The van der Waals surface area contributed by atoms with E-state index in [1.165, 1.54) is 6.92 Å². The summed E-state index contributed by atoms with van der Waals surface area (Å²) in [4.78, 5) is 19.0. The van der Waals surface area contributed by atoms with E-state index < -0.39 is 17.8 Å². The molecule has 2 aliphatic heterocycles. The summed E-state index contributed by atoms with van der Waals surface area (Å²) < 4.78 is 40.5. The number of piperidine rings is 1. The first-order valence-electron chi connectivity index (χ1n) is 8.81. The summed E-state index contributed by atoms with van der Waals surface area (Å²) in [7, 11) is 2.09. The minimum Gasteiger partial charge on any atom is -0.348 e. The molecular formula is C17H19ClF3N5O. The van der Waals surface area contributed by atoms with Crippen molar-refractivity contribution >= 4 is 23.2 Å². The maximum atomic E-state index is 13.3. The van der Waals surface area contributed by atoms with Crippen LogP contribution in [0.4, 0.5) is 13.2 Å². The van der Waals surface area contributed by atoms with Crippen molar-refractivity contribution in [2.45, 2.75) is 56.9 Å². The van der Waals surface area contributed by atoms with Crippen LogP contribution in [0.25, 0.3) is 5.65 Å². The Morgan fingerprint density at radius 3 is 2.52 bits per heavy atom. The summed E-state index contributed by atoms with van der Waals surface area (Å²) in [6.45, 7) is 1.44.